The Hall–Kier alpha value is -4.19. The maximum Gasteiger partial charge on any atom is 0.150 e. The van der Waals surface area contributed by atoms with E-state index in [1.54, 1.807) is 13.0 Å². The van der Waals surface area contributed by atoms with Gasteiger partial charge in [0, 0.05) is 23.2 Å². The van der Waals surface area contributed by atoms with Crippen molar-refractivity contribution in [3.8, 4) is 17.2 Å². The highest BCUT2D eigenvalue weighted by Crippen LogP contribution is 2.37. The Labute approximate surface area is 175 Å². The number of benzene rings is 2. The topological polar surface area (TPSA) is 101 Å². The average Bonchev–Trinajstić information content (AvgIpc) is 2.72. The fourth-order valence-corrected chi connectivity index (χ4v) is 3.45. The Balaban J connectivity index is 1.92. The molecular weight excluding hydrogens is 405 g/mol. The molecule has 0 saturated heterocycles. The van der Waals surface area contributed by atoms with E-state index < -0.39 is 23.5 Å². The van der Waals surface area contributed by atoms with E-state index >= 15 is 0 Å². The highest BCUT2D eigenvalue weighted by molar-refractivity contribution is 5.96. The van der Waals surface area contributed by atoms with Crippen LogP contribution in [0, 0.1) is 28.8 Å². The number of nitriles is 1. The number of pyridine rings is 1. The Kier molecular flexibility index (Phi) is 5.13. The van der Waals surface area contributed by atoms with Crippen LogP contribution in [0.15, 0.2) is 48.9 Å². The number of halogens is 3. The van der Waals surface area contributed by atoms with Crippen LogP contribution in [-0.2, 0) is 0 Å². The lowest BCUT2D eigenvalue weighted by atomic mass is 9.93. The number of anilines is 2. The zero-order chi connectivity index (χ0) is 22.1. The molecule has 154 valence electrons. The van der Waals surface area contributed by atoms with Gasteiger partial charge in [-0.05, 0) is 36.2 Å². The fraction of sp³-hybridized carbons (Fsp3) is 0.0909. The van der Waals surface area contributed by atoms with Gasteiger partial charge in [0.05, 0.1) is 6.04 Å². The van der Waals surface area contributed by atoms with Crippen LogP contribution in [0.25, 0.3) is 22.0 Å². The van der Waals surface area contributed by atoms with Crippen molar-refractivity contribution in [2.24, 2.45) is 0 Å². The summed E-state index contributed by atoms with van der Waals surface area (Å²) in [5, 5.41) is 12.8. The molecule has 0 spiro atoms. The number of nitrogens with one attached hydrogen (secondary N) is 1. The van der Waals surface area contributed by atoms with Gasteiger partial charge in [-0.25, -0.2) is 23.1 Å². The van der Waals surface area contributed by atoms with E-state index in [2.05, 4.69) is 20.3 Å². The van der Waals surface area contributed by atoms with Crippen LogP contribution >= 0.6 is 0 Å². The first-order valence-electron chi connectivity index (χ1n) is 9.19. The maximum atomic E-state index is 14.4. The summed E-state index contributed by atoms with van der Waals surface area (Å²) in [5.74, 6) is -1.88. The van der Waals surface area contributed by atoms with Crippen molar-refractivity contribution < 1.29 is 13.2 Å². The molecule has 2 aromatic carbocycles. The molecule has 0 radical (unpaired) electrons. The number of hydrogen-bond acceptors (Lipinski definition) is 6. The first-order valence-corrected chi connectivity index (χ1v) is 9.19. The molecule has 2 heterocycles. The van der Waals surface area contributed by atoms with Gasteiger partial charge in [0.25, 0.3) is 0 Å². The van der Waals surface area contributed by atoms with Crippen molar-refractivity contribution in [2.45, 2.75) is 13.0 Å². The minimum Gasteiger partial charge on any atom is -0.382 e. The van der Waals surface area contributed by atoms with Gasteiger partial charge in [-0.3, -0.25) is 4.98 Å². The molecule has 0 bridgehead atoms. The van der Waals surface area contributed by atoms with Crippen molar-refractivity contribution in [3.63, 3.8) is 0 Å². The third-order valence-corrected chi connectivity index (χ3v) is 4.84. The highest BCUT2D eigenvalue weighted by atomic mass is 19.1. The smallest absolute Gasteiger partial charge is 0.150 e. The summed E-state index contributed by atoms with van der Waals surface area (Å²) >= 11 is 0. The summed E-state index contributed by atoms with van der Waals surface area (Å²) in [4.78, 5) is 12.1. The van der Waals surface area contributed by atoms with Crippen molar-refractivity contribution in [2.75, 3.05) is 11.1 Å². The second kappa shape index (κ2) is 7.91. The number of hydrogen-bond donors (Lipinski definition) is 2. The molecule has 0 aliphatic heterocycles. The molecule has 4 rings (SSSR count). The van der Waals surface area contributed by atoms with Crippen molar-refractivity contribution in [1.82, 2.24) is 15.0 Å². The first-order chi connectivity index (χ1) is 14.9. The standard InChI is InChI=1S/C22H15F3N6/c1-11(31-22-16(8-26)21(27)29-10-30-22)17-9-28-20-15(3-2-4-18(20)25)19(17)12-5-13(23)7-14(24)6-12/h2-7,9-11H,1H3,(H3,27,29,30,31)/t11-/m1/s1. The second-order valence-electron chi connectivity index (χ2n) is 6.84. The van der Waals surface area contributed by atoms with E-state index in [0.29, 0.717) is 16.5 Å². The second-order valence-corrected chi connectivity index (χ2v) is 6.84. The van der Waals surface area contributed by atoms with Crippen LogP contribution in [0.2, 0.25) is 0 Å². The van der Waals surface area contributed by atoms with Crippen molar-refractivity contribution >= 4 is 22.5 Å². The van der Waals surface area contributed by atoms with E-state index in [1.165, 1.54) is 36.8 Å². The zero-order valence-corrected chi connectivity index (χ0v) is 16.2. The molecule has 4 aromatic rings. The van der Waals surface area contributed by atoms with E-state index in [9.17, 15) is 18.4 Å². The number of fused-ring (bicyclic) bond motifs is 1. The van der Waals surface area contributed by atoms with Crippen LogP contribution < -0.4 is 11.1 Å². The van der Waals surface area contributed by atoms with Crippen LogP contribution in [0.1, 0.15) is 24.1 Å². The molecule has 6 nitrogen and oxygen atoms in total. The van der Waals surface area contributed by atoms with Crippen molar-refractivity contribution in [3.05, 3.63) is 77.5 Å². The SMILES string of the molecule is C[C@@H](Nc1ncnc(N)c1C#N)c1cnc2c(F)cccc2c1-c1cc(F)cc(F)c1. The zero-order valence-electron chi connectivity index (χ0n) is 16.2. The number of aromatic nitrogens is 3. The Morgan fingerprint density at radius 1 is 1.06 bits per heavy atom. The maximum absolute atomic E-state index is 14.4. The molecule has 1 atom stereocenters. The van der Waals surface area contributed by atoms with Crippen LogP contribution in [0.4, 0.5) is 24.8 Å². The van der Waals surface area contributed by atoms with Crippen LogP contribution in [0.5, 0.6) is 0 Å². The summed E-state index contributed by atoms with van der Waals surface area (Å²) in [6.07, 6.45) is 2.64. The van der Waals surface area contributed by atoms with Crippen LogP contribution in [0.3, 0.4) is 0 Å². The van der Waals surface area contributed by atoms with E-state index in [4.69, 9.17) is 5.73 Å². The van der Waals surface area contributed by atoms with Gasteiger partial charge in [-0.2, -0.15) is 5.26 Å². The lowest BCUT2D eigenvalue weighted by molar-refractivity contribution is 0.584. The number of nitrogens with two attached hydrogens (primary N) is 1. The normalized spacial score (nSPS) is 11.8. The monoisotopic (exact) mass is 420 g/mol. The van der Waals surface area contributed by atoms with Gasteiger partial charge in [0.1, 0.15) is 52.6 Å². The van der Waals surface area contributed by atoms with Gasteiger partial charge < -0.3 is 11.1 Å². The summed E-state index contributed by atoms with van der Waals surface area (Å²) in [7, 11) is 0. The minimum atomic E-state index is -0.765. The summed E-state index contributed by atoms with van der Waals surface area (Å²) in [6, 6.07) is 8.89. The first kappa shape index (κ1) is 20.1. The third kappa shape index (κ3) is 3.71. The number of nitrogens with zero attached hydrogens (tertiary/aromatic N) is 4. The van der Waals surface area contributed by atoms with Crippen LogP contribution in [-0.4, -0.2) is 15.0 Å². The van der Waals surface area contributed by atoms with Gasteiger partial charge >= 0.3 is 0 Å². The number of rotatable bonds is 4. The van der Waals surface area contributed by atoms with Crippen molar-refractivity contribution in [1.29, 1.82) is 5.26 Å². The Morgan fingerprint density at radius 3 is 2.52 bits per heavy atom. The molecule has 2 aromatic heterocycles. The number of nitrogen functional groups attached to an aromatic ring is 1. The van der Waals surface area contributed by atoms with E-state index in [-0.39, 0.29) is 28.3 Å². The summed E-state index contributed by atoms with van der Waals surface area (Å²) < 4.78 is 42.4. The largest absolute Gasteiger partial charge is 0.382 e. The Morgan fingerprint density at radius 2 is 1.81 bits per heavy atom. The minimum absolute atomic E-state index is 0.0123. The molecule has 9 heteroatoms. The molecule has 0 unspecified atom stereocenters. The van der Waals surface area contributed by atoms with Gasteiger partial charge in [-0.15, -0.1) is 0 Å². The molecule has 0 aliphatic carbocycles. The third-order valence-electron chi connectivity index (χ3n) is 4.84. The summed E-state index contributed by atoms with van der Waals surface area (Å²) in [6.45, 7) is 1.75. The molecule has 0 saturated carbocycles. The van der Waals surface area contributed by atoms with Gasteiger partial charge in [0.2, 0.25) is 0 Å². The van der Waals surface area contributed by atoms with Gasteiger partial charge in [0.15, 0.2) is 0 Å². The molecule has 0 amide bonds. The molecule has 3 N–H and O–H groups in total. The molecule has 31 heavy (non-hydrogen) atoms. The predicted octanol–water partition coefficient (Wildman–Crippen LogP) is 4.74. The van der Waals surface area contributed by atoms with E-state index in [0.717, 1.165) is 6.07 Å². The lowest BCUT2D eigenvalue weighted by Crippen LogP contribution is -2.13. The molecule has 0 aliphatic rings. The van der Waals surface area contributed by atoms with Gasteiger partial charge in [-0.1, -0.05) is 12.1 Å². The average molecular weight is 420 g/mol. The van der Waals surface area contributed by atoms with E-state index in [1.807, 2.05) is 6.07 Å². The predicted molar refractivity (Wildman–Crippen MR) is 110 cm³/mol. The quantitative estimate of drug-likeness (QED) is 0.495. The molecular formula is C22H15F3N6. The Bertz CT molecular complexity index is 1330. The molecule has 0 fully saturated rings. The highest BCUT2D eigenvalue weighted by Gasteiger charge is 2.20. The lowest BCUT2D eigenvalue weighted by Gasteiger charge is -2.21. The number of para-hydroxylation sites is 1. The fourth-order valence-electron chi connectivity index (χ4n) is 3.45. The summed E-state index contributed by atoms with van der Waals surface area (Å²) in [5.41, 5.74) is 7.02.